The maximum Gasteiger partial charge on any atom is 0.0713 e. The zero-order chi connectivity index (χ0) is 14.4. The summed E-state index contributed by atoms with van der Waals surface area (Å²) in [5.74, 6) is 3.15. The summed E-state index contributed by atoms with van der Waals surface area (Å²) in [6, 6.07) is 2.92. The number of hydrogen-bond donors (Lipinski definition) is 0. The molecule has 2 fully saturated rings. The second-order valence-electron chi connectivity index (χ2n) is 6.59. The molecule has 20 heavy (non-hydrogen) atoms. The SMILES string of the molecule is CC(C)CN(CCC#N)C1CCOC2(CCSCC2)C1. The molecule has 2 heterocycles. The Morgan fingerprint density at radius 1 is 1.40 bits per heavy atom. The Morgan fingerprint density at radius 2 is 2.15 bits per heavy atom. The van der Waals surface area contributed by atoms with Gasteiger partial charge in [0.2, 0.25) is 0 Å². The number of ether oxygens (including phenoxy) is 1. The first-order chi connectivity index (χ1) is 9.65. The molecule has 2 rings (SSSR count). The van der Waals surface area contributed by atoms with Crippen molar-refractivity contribution in [1.29, 1.82) is 5.26 Å². The van der Waals surface area contributed by atoms with Crippen LogP contribution < -0.4 is 0 Å². The molecule has 0 bridgehead atoms. The van der Waals surface area contributed by atoms with Gasteiger partial charge in [-0.15, -0.1) is 0 Å². The van der Waals surface area contributed by atoms with E-state index in [1.807, 2.05) is 0 Å². The molecule has 114 valence electrons. The third-order valence-electron chi connectivity index (χ3n) is 4.50. The highest BCUT2D eigenvalue weighted by Crippen LogP contribution is 2.39. The molecule has 0 aliphatic carbocycles. The van der Waals surface area contributed by atoms with Gasteiger partial charge in [0.25, 0.3) is 0 Å². The van der Waals surface area contributed by atoms with Crippen LogP contribution in [0.15, 0.2) is 0 Å². The van der Waals surface area contributed by atoms with Gasteiger partial charge in [-0.2, -0.15) is 17.0 Å². The number of thioether (sulfide) groups is 1. The second kappa shape index (κ2) is 7.68. The van der Waals surface area contributed by atoms with Gasteiger partial charge in [-0.05, 0) is 43.1 Å². The third kappa shape index (κ3) is 4.38. The van der Waals surface area contributed by atoms with Crippen molar-refractivity contribution < 1.29 is 4.74 Å². The van der Waals surface area contributed by atoms with Gasteiger partial charge in [0.05, 0.1) is 11.7 Å². The van der Waals surface area contributed by atoms with Crippen molar-refractivity contribution in [2.24, 2.45) is 5.92 Å². The van der Waals surface area contributed by atoms with E-state index in [1.165, 1.54) is 30.8 Å². The molecule has 2 aliphatic rings. The van der Waals surface area contributed by atoms with Crippen LogP contribution in [-0.2, 0) is 4.74 Å². The van der Waals surface area contributed by atoms with E-state index in [9.17, 15) is 0 Å². The predicted octanol–water partition coefficient (Wildman–Crippen LogP) is 3.30. The monoisotopic (exact) mass is 296 g/mol. The molecule has 1 spiro atoms. The van der Waals surface area contributed by atoms with Crippen molar-refractivity contribution in [2.45, 2.75) is 57.6 Å². The Kier molecular flexibility index (Phi) is 6.20. The average Bonchev–Trinajstić information content (AvgIpc) is 2.44. The average molecular weight is 296 g/mol. The summed E-state index contributed by atoms with van der Waals surface area (Å²) in [4.78, 5) is 2.56. The normalized spacial score (nSPS) is 26.1. The van der Waals surface area contributed by atoms with Crippen LogP contribution in [-0.4, -0.2) is 47.7 Å². The minimum atomic E-state index is 0.149. The second-order valence-corrected chi connectivity index (χ2v) is 7.81. The highest BCUT2D eigenvalue weighted by Gasteiger charge is 2.40. The minimum Gasteiger partial charge on any atom is -0.375 e. The van der Waals surface area contributed by atoms with E-state index < -0.39 is 0 Å². The maximum absolute atomic E-state index is 8.89. The highest BCUT2D eigenvalue weighted by atomic mass is 32.2. The van der Waals surface area contributed by atoms with Crippen LogP contribution in [0.2, 0.25) is 0 Å². The first-order valence-electron chi connectivity index (χ1n) is 7.98. The Hall–Kier alpha value is -0.240. The number of rotatable bonds is 5. The van der Waals surface area contributed by atoms with Gasteiger partial charge in [0.1, 0.15) is 0 Å². The Morgan fingerprint density at radius 3 is 2.80 bits per heavy atom. The van der Waals surface area contributed by atoms with E-state index in [-0.39, 0.29) is 5.60 Å². The van der Waals surface area contributed by atoms with E-state index in [4.69, 9.17) is 10.00 Å². The molecule has 2 saturated heterocycles. The lowest BCUT2D eigenvalue weighted by Gasteiger charge is -2.46. The van der Waals surface area contributed by atoms with Crippen LogP contribution in [0.3, 0.4) is 0 Å². The molecule has 0 aromatic carbocycles. The molecule has 0 aromatic heterocycles. The van der Waals surface area contributed by atoms with Crippen molar-refractivity contribution in [2.75, 3.05) is 31.2 Å². The predicted molar refractivity (Wildman–Crippen MR) is 84.9 cm³/mol. The molecule has 1 unspecified atom stereocenters. The van der Waals surface area contributed by atoms with Gasteiger partial charge in [0, 0.05) is 32.2 Å². The fourth-order valence-corrected chi connectivity index (χ4v) is 4.73. The summed E-state index contributed by atoms with van der Waals surface area (Å²) in [5, 5.41) is 8.89. The molecule has 1 atom stereocenters. The van der Waals surface area contributed by atoms with Gasteiger partial charge in [-0.3, -0.25) is 4.90 Å². The molecule has 0 radical (unpaired) electrons. The van der Waals surface area contributed by atoms with Crippen LogP contribution in [0.25, 0.3) is 0 Å². The number of nitrogens with zero attached hydrogens (tertiary/aromatic N) is 2. The summed E-state index contributed by atoms with van der Waals surface area (Å²) < 4.78 is 6.19. The topological polar surface area (TPSA) is 36.3 Å². The standard InChI is InChI=1S/C16H28N2OS/c1-14(2)13-18(8-3-7-17)15-4-9-19-16(12-15)5-10-20-11-6-16/h14-15H,3-6,8-13H2,1-2H3. The minimum absolute atomic E-state index is 0.149. The van der Waals surface area contributed by atoms with Gasteiger partial charge < -0.3 is 4.74 Å². The number of nitriles is 1. The lowest BCUT2D eigenvalue weighted by Crippen LogP contribution is -2.51. The van der Waals surface area contributed by atoms with E-state index >= 15 is 0 Å². The lowest BCUT2D eigenvalue weighted by molar-refractivity contribution is -0.111. The first kappa shape index (κ1) is 16.1. The first-order valence-corrected chi connectivity index (χ1v) is 9.13. The fraction of sp³-hybridized carbons (Fsp3) is 0.938. The van der Waals surface area contributed by atoms with E-state index in [0.29, 0.717) is 18.4 Å². The Labute approximate surface area is 128 Å². The van der Waals surface area contributed by atoms with Crippen molar-refractivity contribution in [1.82, 2.24) is 4.90 Å². The van der Waals surface area contributed by atoms with Crippen molar-refractivity contribution in [3.8, 4) is 6.07 Å². The Bertz CT molecular complexity index is 328. The summed E-state index contributed by atoms with van der Waals surface area (Å²) >= 11 is 2.06. The van der Waals surface area contributed by atoms with Crippen molar-refractivity contribution >= 4 is 11.8 Å². The molecule has 3 nitrogen and oxygen atoms in total. The number of hydrogen-bond acceptors (Lipinski definition) is 4. The molecule has 0 N–H and O–H groups in total. The van der Waals surface area contributed by atoms with Gasteiger partial charge in [-0.25, -0.2) is 0 Å². The van der Waals surface area contributed by atoms with Crippen LogP contribution in [0, 0.1) is 17.2 Å². The maximum atomic E-state index is 8.89. The zero-order valence-electron chi connectivity index (χ0n) is 12.9. The largest absolute Gasteiger partial charge is 0.375 e. The molecular formula is C16H28N2OS. The summed E-state index contributed by atoms with van der Waals surface area (Å²) in [6.07, 6.45) is 5.37. The lowest BCUT2D eigenvalue weighted by atomic mass is 9.84. The molecule has 0 saturated carbocycles. The zero-order valence-corrected chi connectivity index (χ0v) is 13.8. The molecule has 0 amide bonds. The van der Waals surface area contributed by atoms with Crippen LogP contribution in [0.1, 0.15) is 46.0 Å². The highest BCUT2D eigenvalue weighted by molar-refractivity contribution is 7.99. The Balaban J connectivity index is 1.98. The quantitative estimate of drug-likeness (QED) is 0.780. The van der Waals surface area contributed by atoms with Gasteiger partial charge >= 0.3 is 0 Å². The summed E-state index contributed by atoms with van der Waals surface area (Å²) in [6.45, 7) is 7.47. The van der Waals surface area contributed by atoms with Gasteiger partial charge in [0.15, 0.2) is 0 Å². The van der Waals surface area contributed by atoms with Crippen molar-refractivity contribution in [3.63, 3.8) is 0 Å². The van der Waals surface area contributed by atoms with E-state index in [2.05, 4.69) is 36.6 Å². The summed E-state index contributed by atoms with van der Waals surface area (Å²) in [7, 11) is 0. The van der Waals surface area contributed by atoms with Gasteiger partial charge in [-0.1, -0.05) is 13.8 Å². The van der Waals surface area contributed by atoms with E-state index in [0.717, 1.165) is 26.1 Å². The third-order valence-corrected chi connectivity index (χ3v) is 5.48. The summed E-state index contributed by atoms with van der Waals surface area (Å²) in [5.41, 5.74) is 0.149. The smallest absolute Gasteiger partial charge is 0.0713 e. The van der Waals surface area contributed by atoms with Crippen molar-refractivity contribution in [3.05, 3.63) is 0 Å². The molecule has 2 aliphatic heterocycles. The molecular weight excluding hydrogens is 268 g/mol. The van der Waals surface area contributed by atoms with Crippen LogP contribution in [0.5, 0.6) is 0 Å². The molecule has 4 heteroatoms. The van der Waals surface area contributed by atoms with Crippen LogP contribution >= 0.6 is 11.8 Å². The van der Waals surface area contributed by atoms with Crippen LogP contribution in [0.4, 0.5) is 0 Å². The van der Waals surface area contributed by atoms with E-state index in [1.54, 1.807) is 0 Å². The molecule has 0 aromatic rings. The fourth-order valence-electron chi connectivity index (χ4n) is 3.49.